The van der Waals surface area contributed by atoms with E-state index in [2.05, 4.69) is 19.4 Å². The van der Waals surface area contributed by atoms with Gasteiger partial charge in [0.2, 0.25) is 10.0 Å². The first kappa shape index (κ1) is 25.0. The van der Waals surface area contributed by atoms with Crippen LogP contribution in [-0.4, -0.2) is 43.8 Å². The number of fused-ring (bicyclic) bond motifs is 2. The smallest absolute Gasteiger partial charge is 0.267 e. The number of aryl methyl sites for hydroxylation is 1. The predicted octanol–water partition coefficient (Wildman–Crippen LogP) is 3.81. The van der Waals surface area contributed by atoms with Crippen LogP contribution in [0.4, 0.5) is 11.4 Å². The summed E-state index contributed by atoms with van der Waals surface area (Å²) < 4.78 is 53.2. The number of hydrogen-bond donors (Lipinski definition) is 5. The van der Waals surface area contributed by atoms with E-state index in [9.17, 15) is 27.4 Å². The lowest BCUT2D eigenvalue weighted by Crippen LogP contribution is -2.32. The summed E-state index contributed by atoms with van der Waals surface area (Å²) >= 11 is 0. The molecule has 0 radical (unpaired) electrons. The van der Waals surface area contributed by atoms with Crippen molar-refractivity contribution in [1.82, 2.24) is 9.55 Å². The minimum atomic E-state index is -3.83. The number of hydrogen-bond acceptors (Lipinski definition) is 9. The van der Waals surface area contributed by atoms with Gasteiger partial charge in [-0.2, -0.15) is 0 Å². The minimum absolute atomic E-state index is 0.0420. The number of rotatable bonds is 7. The molecular formula is C22H27N5O6S2. The second kappa shape index (κ2) is 9.15. The van der Waals surface area contributed by atoms with Crippen molar-refractivity contribution in [3.63, 3.8) is 0 Å². The van der Waals surface area contributed by atoms with Crippen molar-refractivity contribution >= 4 is 49.0 Å². The predicted molar refractivity (Wildman–Crippen MR) is 138 cm³/mol. The highest BCUT2D eigenvalue weighted by Crippen LogP contribution is 2.56. The Bertz CT molecular complexity index is 1500. The molecule has 0 saturated heterocycles. The third kappa shape index (κ3) is 4.85. The molecule has 188 valence electrons. The van der Waals surface area contributed by atoms with Gasteiger partial charge in [0.1, 0.15) is 21.9 Å². The maximum absolute atomic E-state index is 13.5. The molecule has 4 rings (SSSR count). The summed E-state index contributed by atoms with van der Waals surface area (Å²) in [6.45, 7) is 5.87. The first-order valence-corrected chi connectivity index (χ1v) is 14.1. The van der Waals surface area contributed by atoms with Crippen LogP contribution in [-0.2, 0) is 16.6 Å². The standard InChI is InChI=1S/C22H27N5O6S2/c1-4-34(30,31)25-14-7-8-16-17(12-14)35(32,33)26-20(24-16)18-19(28)15-6-5-10-23-21(15)27(22(18)29)11-9-13(2)3/h5-8,10,12-13,25,28,32-33H,4,9,11H2,1-3H3,(H,24,26). The Hall–Kier alpha value is -3.13. The van der Waals surface area contributed by atoms with Gasteiger partial charge < -0.3 is 10.4 Å². The molecule has 13 heteroatoms. The molecule has 35 heavy (non-hydrogen) atoms. The molecular weight excluding hydrogens is 494 g/mol. The van der Waals surface area contributed by atoms with Gasteiger partial charge in [0.15, 0.2) is 5.84 Å². The SMILES string of the molecule is CCS(=O)(=O)Nc1ccc2c(c1)S(O)(O)N=C(c1c(O)c3cccnc3n(CCC(C)C)c1=O)N2. The van der Waals surface area contributed by atoms with E-state index in [1.54, 1.807) is 12.1 Å². The highest BCUT2D eigenvalue weighted by molar-refractivity contribution is 8.23. The molecule has 0 atom stereocenters. The van der Waals surface area contributed by atoms with Gasteiger partial charge in [0.05, 0.1) is 22.5 Å². The molecule has 0 saturated carbocycles. The molecule has 1 aliphatic heterocycles. The summed E-state index contributed by atoms with van der Waals surface area (Å²) in [6.07, 6.45) is 2.21. The Morgan fingerprint density at radius 3 is 2.66 bits per heavy atom. The van der Waals surface area contributed by atoms with E-state index in [0.29, 0.717) is 29.9 Å². The van der Waals surface area contributed by atoms with Gasteiger partial charge in [-0.1, -0.05) is 24.6 Å². The normalized spacial score (nSPS) is 15.9. The number of anilines is 2. The molecule has 3 heterocycles. The van der Waals surface area contributed by atoms with Crippen LogP contribution in [0.3, 0.4) is 0 Å². The Balaban J connectivity index is 1.85. The zero-order chi connectivity index (χ0) is 25.5. The largest absolute Gasteiger partial charge is 0.506 e. The molecule has 0 aliphatic carbocycles. The zero-order valence-corrected chi connectivity index (χ0v) is 21.0. The second-order valence-corrected chi connectivity index (χ2v) is 12.2. The van der Waals surface area contributed by atoms with Crippen molar-refractivity contribution in [2.75, 3.05) is 15.8 Å². The maximum atomic E-state index is 13.5. The summed E-state index contributed by atoms with van der Waals surface area (Å²) in [6, 6.07) is 7.41. The lowest BCUT2D eigenvalue weighted by atomic mass is 10.1. The number of benzene rings is 1. The maximum Gasteiger partial charge on any atom is 0.267 e. The molecule has 1 aromatic carbocycles. The van der Waals surface area contributed by atoms with E-state index < -0.39 is 26.4 Å². The van der Waals surface area contributed by atoms with E-state index in [4.69, 9.17) is 0 Å². The van der Waals surface area contributed by atoms with Gasteiger partial charge >= 0.3 is 0 Å². The average Bonchev–Trinajstić information content (AvgIpc) is 2.79. The quantitative estimate of drug-likeness (QED) is 0.313. The molecule has 0 amide bonds. The first-order valence-electron chi connectivity index (χ1n) is 10.9. The summed E-state index contributed by atoms with van der Waals surface area (Å²) in [5, 5.41) is 14.2. The molecule has 3 aromatic rings. The van der Waals surface area contributed by atoms with Crippen LogP contribution in [0, 0.1) is 5.92 Å². The van der Waals surface area contributed by atoms with Crippen molar-refractivity contribution in [2.45, 2.75) is 38.6 Å². The van der Waals surface area contributed by atoms with Gasteiger partial charge in [-0.05, 0) is 49.6 Å². The van der Waals surface area contributed by atoms with Gasteiger partial charge in [-0.15, -0.1) is 4.40 Å². The van der Waals surface area contributed by atoms with Crippen molar-refractivity contribution in [3.05, 3.63) is 52.4 Å². The fourth-order valence-corrected chi connectivity index (χ4v) is 5.49. The molecule has 0 spiro atoms. The van der Waals surface area contributed by atoms with Crippen LogP contribution in [0.5, 0.6) is 5.75 Å². The van der Waals surface area contributed by atoms with Gasteiger partial charge in [-0.25, -0.2) is 13.4 Å². The first-order chi connectivity index (χ1) is 16.4. The van der Waals surface area contributed by atoms with Crippen molar-refractivity contribution in [1.29, 1.82) is 0 Å². The Kier molecular flexibility index (Phi) is 6.53. The van der Waals surface area contributed by atoms with Crippen molar-refractivity contribution in [3.8, 4) is 5.75 Å². The highest BCUT2D eigenvalue weighted by Gasteiger charge is 2.31. The van der Waals surface area contributed by atoms with Crippen LogP contribution in [0.1, 0.15) is 32.8 Å². The molecule has 0 bridgehead atoms. The topological polar surface area (TPSA) is 166 Å². The zero-order valence-electron chi connectivity index (χ0n) is 19.4. The number of amidine groups is 1. The van der Waals surface area contributed by atoms with E-state index in [0.717, 1.165) is 0 Å². The Morgan fingerprint density at radius 2 is 1.97 bits per heavy atom. The summed E-state index contributed by atoms with van der Waals surface area (Å²) in [7, 11) is -7.42. The van der Waals surface area contributed by atoms with Crippen molar-refractivity contribution in [2.24, 2.45) is 10.3 Å². The van der Waals surface area contributed by atoms with E-state index >= 15 is 0 Å². The molecule has 11 nitrogen and oxygen atoms in total. The lowest BCUT2D eigenvalue weighted by Gasteiger charge is -2.34. The number of sulfonamides is 1. The number of nitrogens with one attached hydrogen (secondary N) is 2. The van der Waals surface area contributed by atoms with Crippen LogP contribution in [0.25, 0.3) is 11.0 Å². The third-order valence-electron chi connectivity index (χ3n) is 5.56. The van der Waals surface area contributed by atoms with Crippen molar-refractivity contribution < 1.29 is 22.6 Å². The summed E-state index contributed by atoms with van der Waals surface area (Å²) in [5.74, 6) is -0.427. The fraction of sp³-hybridized carbons (Fsp3) is 0.318. The van der Waals surface area contributed by atoms with Crippen LogP contribution in [0.2, 0.25) is 0 Å². The van der Waals surface area contributed by atoms with E-state index in [-0.39, 0.29) is 39.2 Å². The van der Waals surface area contributed by atoms with E-state index in [1.165, 1.54) is 35.9 Å². The number of aromatic hydroxyl groups is 1. The summed E-state index contributed by atoms with van der Waals surface area (Å²) in [4.78, 5) is 17.7. The van der Waals surface area contributed by atoms with Crippen LogP contribution < -0.4 is 15.6 Å². The molecule has 0 unspecified atom stereocenters. The number of pyridine rings is 2. The summed E-state index contributed by atoms with van der Waals surface area (Å²) in [5.41, 5.74) is -0.118. The Morgan fingerprint density at radius 1 is 1.23 bits per heavy atom. The highest BCUT2D eigenvalue weighted by atomic mass is 32.3. The fourth-order valence-electron chi connectivity index (χ4n) is 3.67. The Labute approximate surface area is 204 Å². The number of nitrogens with zero attached hydrogens (tertiary/aromatic N) is 3. The monoisotopic (exact) mass is 521 g/mol. The molecule has 1 aliphatic rings. The van der Waals surface area contributed by atoms with Gasteiger partial charge in [-0.3, -0.25) is 23.2 Å². The molecule has 2 aromatic heterocycles. The van der Waals surface area contributed by atoms with Gasteiger partial charge in [0.25, 0.3) is 5.56 Å². The number of aromatic nitrogens is 2. The minimum Gasteiger partial charge on any atom is -0.506 e. The molecule has 5 N–H and O–H groups in total. The lowest BCUT2D eigenvalue weighted by molar-refractivity contribution is 0.473. The van der Waals surface area contributed by atoms with Crippen LogP contribution >= 0.6 is 10.8 Å². The third-order valence-corrected chi connectivity index (χ3v) is 8.23. The average molecular weight is 522 g/mol. The second-order valence-electron chi connectivity index (χ2n) is 8.54. The molecule has 0 fully saturated rings. The van der Waals surface area contributed by atoms with Crippen LogP contribution in [0.15, 0.2) is 50.6 Å². The van der Waals surface area contributed by atoms with Gasteiger partial charge in [0, 0.05) is 12.7 Å². The van der Waals surface area contributed by atoms with E-state index in [1.807, 2.05) is 13.8 Å².